The van der Waals surface area contributed by atoms with Gasteiger partial charge in [-0.05, 0) is 23.7 Å². The number of allylic oxidation sites excluding steroid dienone is 2. The van der Waals surface area contributed by atoms with Crippen LogP contribution >= 0.6 is 0 Å². The summed E-state index contributed by atoms with van der Waals surface area (Å²) in [6.45, 7) is 16.7. The van der Waals surface area contributed by atoms with E-state index in [1.165, 1.54) is 19.3 Å². The molecule has 1 rings (SSSR count). The highest BCUT2D eigenvalue weighted by molar-refractivity contribution is 5.39. The molecule has 0 heterocycles. The summed E-state index contributed by atoms with van der Waals surface area (Å²) < 4.78 is 0. The Hall–Kier alpha value is -0.260. The minimum Gasteiger partial charge on any atom is -0.0744 e. The zero-order valence-electron chi connectivity index (χ0n) is 12.4. The maximum Gasteiger partial charge on any atom is 0.00407 e. The fraction of sp³-hybridized carbons (Fsp3) is 0.875. The van der Waals surface area contributed by atoms with Gasteiger partial charge in [-0.15, -0.1) is 0 Å². The molecule has 2 unspecified atom stereocenters. The molecule has 0 radical (unpaired) electrons. The molecule has 0 aliphatic heterocycles. The first kappa shape index (κ1) is 13.8. The van der Waals surface area contributed by atoms with Crippen LogP contribution < -0.4 is 0 Å². The molecular formula is C16H30. The average Bonchev–Trinajstić information content (AvgIpc) is 2.73. The Balaban J connectivity index is 2.85. The Bertz CT molecular complexity index is 268. The highest BCUT2D eigenvalue weighted by atomic mass is 14.5. The van der Waals surface area contributed by atoms with Gasteiger partial charge in [-0.3, -0.25) is 0 Å². The van der Waals surface area contributed by atoms with E-state index < -0.39 is 0 Å². The van der Waals surface area contributed by atoms with Crippen molar-refractivity contribution in [1.82, 2.24) is 0 Å². The van der Waals surface area contributed by atoms with Crippen molar-refractivity contribution in [3.8, 4) is 0 Å². The molecule has 1 aliphatic carbocycles. The Morgan fingerprint density at radius 3 is 2.06 bits per heavy atom. The largest absolute Gasteiger partial charge is 0.0744 e. The average molecular weight is 222 g/mol. The van der Waals surface area contributed by atoms with Gasteiger partial charge >= 0.3 is 0 Å². The molecule has 0 heteroatoms. The van der Waals surface area contributed by atoms with Crippen LogP contribution in [-0.2, 0) is 0 Å². The van der Waals surface area contributed by atoms with Gasteiger partial charge in [-0.1, -0.05) is 73.0 Å². The highest BCUT2D eigenvalue weighted by Crippen LogP contribution is 2.56. The van der Waals surface area contributed by atoms with Crippen molar-refractivity contribution in [1.29, 1.82) is 0 Å². The van der Waals surface area contributed by atoms with Crippen LogP contribution in [0.5, 0.6) is 0 Å². The van der Waals surface area contributed by atoms with Crippen molar-refractivity contribution < 1.29 is 0 Å². The van der Waals surface area contributed by atoms with Gasteiger partial charge < -0.3 is 0 Å². The molecule has 0 aromatic carbocycles. The Kier molecular flexibility index (Phi) is 3.92. The summed E-state index contributed by atoms with van der Waals surface area (Å²) >= 11 is 0. The molecule has 2 atom stereocenters. The predicted molar refractivity (Wildman–Crippen MR) is 73.5 cm³/mol. The Morgan fingerprint density at radius 2 is 1.75 bits per heavy atom. The summed E-state index contributed by atoms with van der Waals surface area (Å²) in [5.74, 6) is 1.60. The molecule has 0 saturated carbocycles. The second-order valence-electron chi connectivity index (χ2n) is 6.92. The lowest BCUT2D eigenvalue weighted by molar-refractivity contribution is 0.159. The Morgan fingerprint density at radius 1 is 1.25 bits per heavy atom. The predicted octanol–water partition coefficient (Wildman–Crippen LogP) is 5.44. The first-order chi connectivity index (χ1) is 7.26. The van der Waals surface area contributed by atoms with Crippen LogP contribution in [0.2, 0.25) is 0 Å². The van der Waals surface area contributed by atoms with Crippen LogP contribution in [0, 0.1) is 22.7 Å². The quantitative estimate of drug-likeness (QED) is 0.525. The van der Waals surface area contributed by atoms with Gasteiger partial charge in [-0.25, -0.2) is 0 Å². The number of rotatable bonds is 6. The first-order valence-corrected chi connectivity index (χ1v) is 6.99. The summed E-state index contributed by atoms with van der Waals surface area (Å²) in [5, 5.41) is 0. The zero-order chi connectivity index (χ0) is 12.6. The fourth-order valence-electron chi connectivity index (χ4n) is 3.38. The summed E-state index contributed by atoms with van der Waals surface area (Å²) in [6.07, 6.45) is 6.43. The van der Waals surface area contributed by atoms with Crippen molar-refractivity contribution >= 4 is 0 Å². The molecule has 0 aromatic heterocycles. The lowest BCUT2D eigenvalue weighted by Gasteiger charge is -2.38. The van der Waals surface area contributed by atoms with Crippen LogP contribution in [0.3, 0.4) is 0 Å². The van der Waals surface area contributed by atoms with Gasteiger partial charge in [0.15, 0.2) is 0 Å². The molecule has 0 spiro atoms. The zero-order valence-corrected chi connectivity index (χ0v) is 12.4. The standard InChI is InChI=1S/C16H30/c1-8-10-15(4,5)14(12(3)9-2)13-11-16(13,6)7/h11-12,14H,8-10H2,1-7H3. The fourth-order valence-corrected chi connectivity index (χ4v) is 3.38. The summed E-state index contributed by atoms with van der Waals surface area (Å²) in [7, 11) is 0. The van der Waals surface area contributed by atoms with Gasteiger partial charge in [-0.2, -0.15) is 0 Å². The number of hydrogen-bond acceptors (Lipinski definition) is 0. The second-order valence-corrected chi connectivity index (χ2v) is 6.92. The Labute approximate surface area is 103 Å². The van der Waals surface area contributed by atoms with E-state index in [-0.39, 0.29) is 0 Å². The minimum absolute atomic E-state index is 0.416. The normalized spacial score (nSPS) is 22.6. The van der Waals surface area contributed by atoms with E-state index in [0.29, 0.717) is 10.8 Å². The van der Waals surface area contributed by atoms with Gasteiger partial charge in [0.2, 0.25) is 0 Å². The summed E-state index contributed by atoms with van der Waals surface area (Å²) in [6, 6.07) is 0. The lowest BCUT2D eigenvalue weighted by Crippen LogP contribution is -2.30. The van der Waals surface area contributed by atoms with Crippen LogP contribution in [0.15, 0.2) is 11.6 Å². The van der Waals surface area contributed by atoms with Crippen molar-refractivity contribution in [3.63, 3.8) is 0 Å². The van der Waals surface area contributed by atoms with E-state index in [4.69, 9.17) is 0 Å². The van der Waals surface area contributed by atoms with E-state index in [1.807, 2.05) is 0 Å². The second kappa shape index (κ2) is 4.55. The van der Waals surface area contributed by atoms with Crippen LogP contribution in [-0.4, -0.2) is 0 Å². The molecule has 0 bridgehead atoms. The van der Waals surface area contributed by atoms with E-state index in [0.717, 1.165) is 11.8 Å². The number of hydrogen-bond donors (Lipinski definition) is 0. The molecule has 16 heavy (non-hydrogen) atoms. The summed E-state index contributed by atoms with van der Waals surface area (Å²) in [5.41, 5.74) is 2.60. The SMILES string of the molecule is CCCC(C)(C)C(C1=CC1(C)C)C(C)CC. The maximum atomic E-state index is 2.49. The third kappa shape index (κ3) is 2.70. The minimum atomic E-state index is 0.416. The lowest BCUT2D eigenvalue weighted by atomic mass is 9.66. The van der Waals surface area contributed by atoms with E-state index in [1.54, 1.807) is 5.57 Å². The molecule has 0 amide bonds. The monoisotopic (exact) mass is 222 g/mol. The van der Waals surface area contributed by atoms with E-state index in [2.05, 4.69) is 54.5 Å². The highest BCUT2D eigenvalue weighted by Gasteiger charge is 2.46. The molecule has 94 valence electrons. The van der Waals surface area contributed by atoms with Crippen molar-refractivity contribution in [2.75, 3.05) is 0 Å². The molecular weight excluding hydrogens is 192 g/mol. The molecule has 0 nitrogen and oxygen atoms in total. The van der Waals surface area contributed by atoms with Crippen LogP contribution in [0.25, 0.3) is 0 Å². The van der Waals surface area contributed by atoms with Crippen molar-refractivity contribution in [2.45, 2.75) is 67.7 Å². The van der Waals surface area contributed by atoms with Crippen LogP contribution in [0.4, 0.5) is 0 Å². The third-order valence-corrected chi connectivity index (χ3v) is 4.46. The van der Waals surface area contributed by atoms with Gasteiger partial charge in [0.1, 0.15) is 0 Å². The first-order valence-electron chi connectivity index (χ1n) is 6.99. The molecule has 0 N–H and O–H groups in total. The van der Waals surface area contributed by atoms with Gasteiger partial charge in [0.05, 0.1) is 0 Å². The molecule has 0 fully saturated rings. The van der Waals surface area contributed by atoms with E-state index >= 15 is 0 Å². The molecule has 0 saturated heterocycles. The van der Waals surface area contributed by atoms with Crippen LogP contribution in [0.1, 0.15) is 67.7 Å². The van der Waals surface area contributed by atoms with E-state index in [9.17, 15) is 0 Å². The smallest absolute Gasteiger partial charge is 0.00407 e. The van der Waals surface area contributed by atoms with Gasteiger partial charge in [0, 0.05) is 5.41 Å². The molecule has 1 aliphatic rings. The maximum absolute atomic E-state index is 2.49. The summed E-state index contributed by atoms with van der Waals surface area (Å²) in [4.78, 5) is 0. The van der Waals surface area contributed by atoms with Gasteiger partial charge in [0.25, 0.3) is 0 Å². The third-order valence-electron chi connectivity index (χ3n) is 4.46. The van der Waals surface area contributed by atoms with Crippen molar-refractivity contribution in [2.24, 2.45) is 22.7 Å². The topological polar surface area (TPSA) is 0 Å². The molecule has 0 aromatic rings. The van der Waals surface area contributed by atoms with Crippen molar-refractivity contribution in [3.05, 3.63) is 11.6 Å².